The number of hydrogen-bond donors (Lipinski definition) is 1. The Bertz CT molecular complexity index is 476. The molecule has 1 aromatic carbocycles. The average Bonchev–Trinajstić information content (AvgIpc) is 2.48. The first-order valence-corrected chi connectivity index (χ1v) is 8.58. The highest BCUT2D eigenvalue weighted by atomic mass is 79.9. The Kier molecular flexibility index (Phi) is 6.24. The van der Waals surface area contributed by atoms with Gasteiger partial charge in [0.1, 0.15) is 0 Å². The van der Waals surface area contributed by atoms with E-state index in [-0.39, 0.29) is 5.92 Å². The molecule has 0 aliphatic carbocycles. The largest absolute Gasteiger partial charge is 0.342 e. The van der Waals surface area contributed by atoms with E-state index in [9.17, 15) is 4.79 Å². The Labute approximate surface area is 136 Å². The smallest absolute Gasteiger partial charge is 0.223 e. The van der Waals surface area contributed by atoms with Gasteiger partial charge in [-0.25, -0.2) is 0 Å². The van der Waals surface area contributed by atoms with Crippen LogP contribution in [0.4, 0.5) is 0 Å². The van der Waals surface area contributed by atoms with Crippen molar-refractivity contribution in [2.45, 2.75) is 32.1 Å². The first-order valence-electron chi connectivity index (χ1n) is 7.78. The van der Waals surface area contributed by atoms with Crippen LogP contribution in [0.1, 0.15) is 37.7 Å². The van der Waals surface area contributed by atoms with E-state index in [4.69, 9.17) is 0 Å². The van der Waals surface area contributed by atoms with E-state index in [2.05, 4.69) is 39.1 Å². The Morgan fingerprint density at radius 2 is 2.24 bits per heavy atom. The molecular weight excluding hydrogens is 328 g/mol. The van der Waals surface area contributed by atoms with Crippen LogP contribution in [0.2, 0.25) is 0 Å². The lowest BCUT2D eigenvalue weighted by Crippen LogP contribution is -2.42. The maximum absolute atomic E-state index is 12.5. The number of hydrogen-bond acceptors (Lipinski definition) is 2. The molecule has 2 rings (SSSR count). The van der Waals surface area contributed by atoms with Crippen LogP contribution in [-0.2, 0) is 4.79 Å². The molecule has 4 heteroatoms. The fraction of sp³-hybridized carbons (Fsp3) is 0.588. The van der Waals surface area contributed by atoms with Crippen LogP contribution in [0.25, 0.3) is 0 Å². The number of likely N-dealkylation sites (tertiary alicyclic amines) is 1. The molecule has 1 N–H and O–H groups in total. The van der Waals surface area contributed by atoms with Gasteiger partial charge in [-0.2, -0.15) is 0 Å². The normalized spacial score (nSPS) is 20.3. The van der Waals surface area contributed by atoms with Crippen molar-refractivity contribution in [3.63, 3.8) is 0 Å². The van der Waals surface area contributed by atoms with E-state index in [1.807, 2.05) is 25.2 Å². The van der Waals surface area contributed by atoms with Crippen molar-refractivity contribution in [1.82, 2.24) is 10.2 Å². The van der Waals surface area contributed by atoms with Crippen molar-refractivity contribution in [2.75, 3.05) is 26.7 Å². The molecule has 21 heavy (non-hydrogen) atoms. The van der Waals surface area contributed by atoms with Crippen molar-refractivity contribution in [3.8, 4) is 0 Å². The lowest BCUT2D eigenvalue weighted by atomic mass is 9.94. The molecule has 1 aliphatic rings. The van der Waals surface area contributed by atoms with Gasteiger partial charge >= 0.3 is 0 Å². The molecule has 0 aromatic heterocycles. The molecule has 1 aliphatic heterocycles. The van der Waals surface area contributed by atoms with Gasteiger partial charge in [0.25, 0.3) is 0 Å². The van der Waals surface area contributed by atoms with Gasteiger partial charge in [0.15, 0.2) is 0 Å². The Hall–Kier alpha value is -0.870. The first-order chi connectivity index (χ1) is 10.1. The molecule has 0 spiro atoms. The van der Waals surface area contributed by atoms with Crippen LogP contribution >= 0.6 is 15.9 Å². The van der Waals surface area contributed by atoms with Crippen LogP contribution in [0.3, 0.4) is 0 Å². The lowest BCUT2D eigenvalue weighted by molar-refractivity contribution is -0.133. The second kappa shape index (κ2) is 7.95. The highest BCUT2D eigenvalue weighted by molar-refractivity contribution is 9.10. The predicted molar refractivity (Wildman–Crippen MR) is 90.4 cm³/mol. The Balaban J connectivity index is 1.93. The second-order valence-corrected chi connectivity index (χ2v) is 6.89. The third-order valence-electron chi connectivity index (χ3n) is 4.28. The van der Waals surface area contributed by atoms with Gasteiger partial charge in [-0.15, -0.1) is 0 Å². The molecule has 0 radical (unpaired) electrons. The van der Waals surface area contributed by atoms with Gasteiger partial charge in [-0.3, -0.25) is 4.79 Å². The summed E-state index contributed by atoms with van der Waals surface area (Å²) in [5.41, 5.74) is 1.22. The zero-order valence-corrected chi connectivity index (χ0v) is 14.5. The second-order valence-electron chi connectivity index (χ2n) is 6.03. The molecule has 2 atom stereocenters. The summed E-state index contributed by atoms with van der Waals surface area (Å²) in [6, 6.07) is 8.18. The van der Waals surface area contributed by atoms with Crippen molar-refractivity contribution < 1.29 is 4.79 Å². The van der Waals surface area contributed by atoms with E-state index >= 15 is 0 Å². The third kappa shape index (κ3) is 4.55. The van der Waals surface area contributed by atoms with E-state index in [0.717, 1.165) is 30.5 Å². The van der Waals surface area contributed by atoms with E-state index in [1.165, 1.54) is 12.0 Å². The average molecular weight is 353 g/mol. The summed E-state index contributed by atoms with van der Waals surface area (Å²) in [5.74, 6) is 1.14. The molecule has 116 valence electrons. The molecule has 3 nitrogen and oxygen atoms in total. The number of halogens is 1. The minimum atomic E-state index is 0.248. The number of carbonyl (C=O) groups is 1. The molecule has 0 unspecified atom stereocenters. The summed E-state index contributed by atoms with van der Waals surface area (Å²) in [4.78, 5) is 14.6. The minimum Gasteiger partial charge on any atom is -0.342 e. The van der Waals surface area contributed by atoms with Crippen LogP contribution in [0, 0.1) is 5.92 Å². The van der Waals surface area contributed by atoms with Crippen molar-refractivity contribution in [1.29, 1.82) is 0 Å². The number of carbonyl (C=O) groups excluding carboxylic acids is 1. The predicted octanol–water partition coefficient (Wildman–Crippen LogP) is 3.40. The third-order valence-corrected chi connectivity index (χ3v) is 5.00. The van der Waals surface area contributed by atoms with E-state index in [1.54, 1.807) is 0 Å². The minimum absolute atomic E-state index is 0.248. The van der Waals surface area contributed by atoms with Crippen molar-refractivity contribution >= 4 is 21.8 Å². The molecule has 1 amide bonds. The summed E-state index contributed by atoms with van der Waals surface area (Å²) in [5, 5.41) is 3.23. The van der Waals surface area contributed by atoms with Gasteiger partial charge in [-0.05, 0) is 49.9 Å². The van der Waals surface area contributed by atoms with Crippen LogP contribution in [0.5, 0.6) is 0 Å². The lowest BCUT2D eigenvalue weighted by Gasteiger charge is -2.33. The fourth-order valence-corrected chi connectivity index (χ4v) is 3.80. The maximum Gasteiger partial charge on any atom is 0.223 e. The zero-order chi connectivity index (χ0) is 15.2. The number of piperidine rings is 1. The van der Waals surface area contributed by atoms with Crippen LogP contribution in [0.15, 0.2) is 28.7 Å². The number of rotatable bonds is 5. The van der Waals surface area contributed by atoms with Crippen molar-refractivity contribution in [2.24, 2.45) is 5.92 Å². The molecule has 1 aromatic rings. The number of amides is 1. The number of nitrogens with zero attached hydrogens (tertiary/aromatic N) is 1. The molecular formula is C17H25BrN2O. The topological polar surface area (TPSA) is 32.3 Å². The summed E-state index contributed by atoms with van der Waals surface area (Å²) in [6.45, 7) is 4.96. The zero-order valence-electron chi connectivity index (χ0n) is 12.9. The highest BCUT2D eigenvalue weighted by Crippen LogP contribution is 2.28. The fourth-order valence-electron chi connectivity index (χ4n) is 3.12. The molecule has 0 saturated carbocycles. The van der Waals surface area contributed by atoms with Gasteiger partial charge in [-0.1, -0.05) is 41.1 Å². The standard InChI is InChI=1S/C17H25BrN2O/c1-13(15-7-3-4-8-16(15)18)10-17(21)20-9-5-6-14(12-20)11-19-2/h3-4,7-8,13-14,19H,5-6,9-12H2,1-2H3/t13-,14-/m0/s1. The quantitative estimate of drug-likeness (QED) is 0.880. The number of nitrogens with one attached hydrogen (secondary N) is 1. The van der Waals surface area contributed by atoms with Crippen LogP contribution < -0.4 is 5.32 Å². The summed E-state index contributed by atoms with van der Waals surface area (Å²) >= 11 is 3.58. The SMILES string of the molecule is CNC[C@@H]1CCCN(C(=O)C[C@H](C)c2ccccc2Br)C1. The number of benzene rings is 1. The van der Waals surface area contributed by atoms with E-state index in [0.29, 0.717) is 18.2 Å². The van der Waals surface area contributed by atoms with Crippen molar-refractivity contribution in [3.05, 3.63) is 34.3 Å². The molecule has 0 bridgehead atoms. The summed E-state index contributed by atoms with van der Waals surface area (Å²) in [7, 11) is 1.98. The monoisotopic (exact) mass is 352 g/mol. The van der Waals surface area contributed by atoms with Gasteiger partial charge in [0, 0.05) is 24.0 Å². The molecule has 1 saturated heterocycles. The van der Waals surface area contributed by atoms with Gasteiger partial charge < -0.3 is 10.2 Å². The van der Waals surface area contributed by atoms with Gasteiger partial charge in [0.05, 0.1) is 0 Å². The highest BCUT2D eigenvalue weighted by Gasteiger charge is 2.24. The molecule has 1 fully saturated rings. The maximum atomic E-state index is 12.5. The Morgan fingerprint density at radius 1 is 1.48 bits per heavy atom. The Morgan fingerprint density at radius 3 is 2.95 bits per heavy atom. The van der Waals surface area contributed by atoms with Crippen LogP contribution in [-0.4, -0.2) is 37.5 Å². The van der Waals surface area contributed by atoms with Gasteiger partial charge in [0.2, 0.25) is 5.91 Å². The summed E-state index contributed by atoms with van der Waals surface area (Å²) in [6.07, 6.45) is 2.95. The molecule has 1 heterocycles. The van der Waals surface area contributed by atoms with E-state index < -0.39 is 0 Å². The first kappa shape index (κ1) is 16.5. The summed E-state index contributed by atoms with van der Waals surface area (Å²) < 4.78 is 1.09.